The summed E-state index contributed by atoms with van der Waals surface area (Å²) in [5, 5.41) is 11.0. The van der Waals surface area contributed by atoms with Gasteiger partial charge in [-0.15, -0.1) is 0 Å². The number of phenolic OH excluding ortho intramolecular Hbond substituents is 1. The molecule has 35 heavy (non-hydrogen) atoms. The monoisotopic (exact) mass is 479 g/mol. The van der Waals surface area contributed by atoms with E-state index in [2.05, 4.69) is 13.8 Å². The second kappa shape index (κ2) is 14.4. The second-order valence-electron chi connectivity index (χ2n) is 9.27. The molecule has 0 spiro atoms. The molecule has 0 bridgehead atoms. The van der Waals surface area contributed by atoms with E-state index < -0.39 is 0 Å². The fourth-order valence-electron chi connectivity index (χ4n) is 4.36. The van der Waals surface area contributed by atoms with Crippen LogP contribution < -0.4 is 15.0 Å². The summed E-state index contributed by atoms with van der Waals surface area (Å²) >= 11 is 0. The number of aryl methyl sites for hydroxylation is 1. The van der Waals surface area contributed by atoms with Crippen molar-refractivity contribution in [1.29, 1.82) is 0 Å². The number of aromatic hydroxyl groups is 1. The van der Waals surface area contributed by atoms with Crippen molar-refractivity contribution in [3.8, 4) is 17.2 Å². The summed E-state index contributed by atoms with van der Waals surface area (Å²) in [4.78, 5) is 13.7. The van der Waals surface area contributed by atoms with Crippen LogP contribution in [0.1, 0.15) is 83.6 Å². The predicted octanol–water partition coefficient (Wildman–Crippen LogP) is 7.61. The van der Waals surface area contributed by atoms with E-state index in [0.29, 0.717) is 31.0 Å². The molecule has 0 unspecified atom stereocenters. The summed E-state index contributed by atoms with van der Waals surface area (Å²) in [5.41, 5.74) is 1.49. The van der Waals surface area contributed by atoms with E-state index in [-0.39, 0.29) is 17.1 Å². The summed E-state index contributed by atoms with van der Waals surface area (Å²) in [6.07, 6.45) is 11.2. The number of phenols is 1. The molecular weight excluding hydrogens is 438 g/mol. The molecule has 190 valence electrons. The summed E-state index contributed by atoms with van der Waals surface area (Å²) < 4.78 is 14.1. The maximum atomic E-state index is 13.7. The van der Waals surface area contributed by atoms with Gasteiger partial charge < -0.3 is 19.1 Å². The first kappa shape index (κ1) is 26.7. The number of pyridine rings is 1. The van der Waals surface area contributed by atoms with Gasteiger partial charge in [0.15, 0.2) is 5.75 Å². The zero-order valence-corrected chi connectivity index (χ0v) is 21.4. The first-order valence-electron chi connectivity index (χ1n) is 13.3. The second-order valence-corrected chi connectivity index (χ2v) is 9.27. The molecule has 0 amide bonds. The zero-order valence-electron chi connectivity index (χ0n) is 21.4. The lowest BCUT2D eigenvalue weighted by Crippen LogP contribution is -2.24. The molecule has 0 fully saturated rings. The van der Waals surface area contributed by atoms with Crippen molar-refractivity contribution in [2.75, 3.05) is 6.61 Å². The molecule has 0 aliphatic rings. The molecule has 0 aliphatic heterocycles. The van der Waals surface area contributed by atoms with Gasteiger partial charge in [0.25, 0.3) is 5.56 Å². The number of rotatable bonds is 16. The first-order valence-corrected chi connectivity index (χ1v) is 13.3. The van der Waals surface area contributed by atoms with Crippen molar-refractivity contribution in [2.24, 2.45) is 0 Å². The molecule has 2 aromatic carbocycles. The lowest BCUT2D eigenvalue weighted by atomic mass is 10.1. The largest absolute Gasteiger partial charge is 0.508 e. The third-order valence-corrected chi connectivity index (χ3v) is 6.37. The van der Waals surface area contributed by atoms with Crippen LogP contribution >= 0.6 is 0 Å². The van der Waals surface area contributed by atoms with Crippen LogP contribution in [0.3, 0.4) is 0 Å². The maximum absolute atomic E-state index is 13.7. The number of ether oxygens (including phenoxy) is 2. The molecule has 1 N–H and O–H groups in total. The number of benzene rings is 2. The highest BCUT2D eigenvalue weighted by Gasteiger charge is 2.20. The Labute approximate surface area is 209 Å². The summed E-state index contributed by atoms with van der Waals surface area (Å²) in [6.45, 7) is 5.80. The van der Waals surface area contributed by atoms with E-state index in [4.69, 9.17) is 9.47 Å². The van der Waals surface area contributed by atoms with Gasteiger partial charge in [0.2, 0.25) is 5.75 Å². The molecule has 0 radical (unpaired) electrons. The van der Waals surface area contributed by atoms with E-state index in [1.54, 1.807) is 16.7 Å². The third-order valence-electron chi connectivity index (χ3n) is 6.37. The predicted molar refractivity (Wildman–Crippen MR) is 144 cm³/mol. The van der Waals surface area contributed by atoms with Gasteiger partial charge in [-0.05, 0) is 30.5 Å². The molecule has 0 saturated heterocycles. The number of fused-ring (bicyclic) bond motifs is 1. The minimum atomic E-state index is -0.198. The quantitative estimate of drug-likeness (QED) is 0.215. The first-order chi connectivity index (χ1) is 17.2. The Kier molecular flexibility index (Phi) is 11.0. The summed E-state index contributed by atoms with van der Waals surface area (Å²) in [5.74, 6) is 0.880. The fourth-order valence-corrected chi connectivity index (χ4v) is 4.36. The Morgan fingerprint density at radius 2 is 1.46 bits per heavy atom. The van der Waals surface area contributed by atoms with E-state index >= 15 is 0 Å². The zero-order chi connectivity index (χ0) is 24.9. The standard InChI is InChI=1S/C30H41NO4/c1-3-5-7-9-10-14-20-31-27-22-25(32)18-19-26(27)28(34-21-15-8-6-4-2)29(30(31)33)35-23-24-16-12-11-13-17-24/h11-13,16-19,22,32H,3-10,14-15,20-21,23H2,1-2H3. The number of hydrogen-bond acceptors (Lipinski definition) is 4. The van der Waals surface area contributed by atoms with Gasteiger partial charge in [-0.2, -0.15) is 0 Å². The van der Waals surface area contributed by atoms with Crippen molar-refractivity contribution in [1.82, 2.24) is 4.57 Å². The smallest absolute Gasteiger partial charge is 0.297 e. The molecule has 5 heteroatoms. The minimum Gasteiger partial charge on any atom is -0.508 e. The van der Waals surface area contributed by atoms with Gasteiger partial charge in [0, 0.05) is 18.0 Å². The van der Waals surface area contributed by atoms with E-state index in [1.165, 1.54) is 25.7 Å². The highest BCUT2D eigenvalue weighted by atomic mass is 16.5. The molecule has 3 aromatic rings. The molecule has 1 heterocycles. The van der Waals surface area contributed by atoms with E-state index in [1.807, 2.05) is 36.4 Å². The van der Waals surface area contributed by atoms with Gasteiger partial charge in [-0.1, -0.05) is 95.5 Å². The Bertz CT molecular complexity index is 1090. The average molecular weight is 480 g/mol. The lowest BCUT2D eigenvalue weighted by molar-refractivity contribution is 0.255. The third kappa shape index (κ3) is 7.78. The number of aromatic nitrogens is 1. The molecule has 0 aliphatic carbocycles. The normalized spacial score (nSPS) is 11.1. The van der Waals surface area contributed by atoms with Crippen molar-refractivity contribution in [3.05, 3.63) is 64.4 Å². The van der Waals surface area contributed by atoms with Crippen LogP contribution in [-0.4, -0.2) is 16.3 Å². The van der Waals surface area contributed by atoms with Crippen LogP contribution in [0, 0.1) is 0 Å². The van der Waals surface area contributed by atoms with Gasteiger partial charge in [-0.25, -0.2) is 0 Å². The minimum absolute atomic E-state index is 0.139. The van der Waals surface area contributed by atoms with Crippen LogP contribution in [0.5, 0.6) is 17.2 Å². The summed E-state index contributed by atoms with van der Waals surface area (Å²) in [6, 6.07) is 15.0. The van der Waals surface area contributed by atoms with Gasteiger partial charge in [0.1, 0.15) is 12.4 Å². The van der Waals surface area contributed by atoms with Crippen molar-refractivity contribution < 1.29 is 14.6 Å². The molecule has 5 nitrogen and oxygen atoms in total. The van der Waals surface area contributed by atoms with Gasteiger partial charge in [0.05, 0.1) is 12.1 Å². The Morgan fingerprint density at radius 3 is 2.20 bits per heavy atom. The molecule has 0 atom stereocenters. The molecule has 3 rings (SSSR count). The topological polar surface area (TPSA) is 60.7 Å². The average Bonchev–Trinajstić information content (AvgIpc) is 2.87. The van der Waals surface area contributed by atoms with Crippen LogP contribution in [-0.2, 0) is 13.2 Å². The van der Waals surface area contributed by atoms with E-state index in [9.17, 15) is 9.90 Å². The number of hydrogen-bond donors (Lipinski definition) is 1. The Hall–Kier alpha value is -2.95. The highest BCUT2D eigenvalue weighted by Crippen LogP contribution is 2.35. The van der Waals surface area contributed by atoms with Crippen molar-refractivity contribution in [2.45, 2.75) is 91.2 Å². The van der Waals surface area contributed by atoms with E-state index in [0.717, 1.165) is 49.5 Å². The Morgan fingerprint density at radius 1 is 0.771 bits per heavy atom. The van der Waals surface area contributed by atoms with Crippen LogP contribution in [0.2, 0.25) is 0 Å². The number of unbranched alkanes of at least 4 members (excludes halogenated alkanes) is 8. The van der Waals surface area contributed by atoms with Crippen LogP contribution in [0.4, 0.5) is 0 Å². The maximum Gasteiger partial charge on any atom is 0.297 e. The SMILES string of the molecule is CCCCCCCCn1c(=O)c(OCc2ccccc2)c(OCCCCCC)c2ccc(O)cc21. The molecular formula is C30H41NO4. The van der Waals surface area contributed by atoms with Crippen molar-refractivity contribution >= 4 is 10.9 Å². The number of nitrogens with zero attached hydrogens (tertiary/aromatic N) is 1. The lowest BCUT2D eigenvalue weighted by Gasteiger charge is -2.19. The molecule has 0 saturated carbocycles. The van der Waals surface area contributed by atoms with Crippen molar-refractivity contribution in [3.63, 3.8) is 0 Å². The Balaban J connectivity index is 1.93. The van der Waals surface area contributed by atoms with Crippen LogP contribution in [0.15, 0.2) is 53.3 Å². The van der Waals surface area contributed by atoms with Gasteiger partial charge in [-0.3, -0.25) is 4.79 Å². The molecule has 1 aromatic heterocycles. The fraction of sp³-hybridized carbons (Fsp3) is 0.500. The highest BCUT2D eigenvalue weighted by molar-refractivity contribution is 5.89. The van der Waals surface area contributed by atoms with Gasteiger partial charge >= 0.3 is 0 Å². The van der Waals surface area contributed by atoms with Crippen LogP contribution in [0.25, 0.3) is 10.9 Å². The summed E-state index contributed by atoms with van der Waals surface area (Å²) in [7, 11) is 0.